The lowest BCUT2D eigenvalue weighted by Crippen LogP contribution is -2.42. The van der Waals surface area contributed by atoms with Crippen LogP contribution in [0.2, 0.25) is 0 Å². The molecule has 0 unspecified atom stereocenters. The summed E-state index contributed by atoms with van der Waals surface area (Å²) in [5.74, 6) is 3.02. The zero-order valence-corrected chi connectivity index (χ0v) is 11.1. The Balaban J connectivity index is 1.90. The minimum Gasteiger partial charge on any atom is -0.370 e. The second-order valence-corrected chi connectivity index (χ2v) is 6.08. The molecule has 1 fully saturated rings. The van der Waals surface area contributed by atoms with Gasteiger partial charge in [-0.05, 0) is 23.9 Å². The smallest absolute Gasteiger partial charge is 0.191 e. The van der Waals surface area contributed by atoms with Crippen LogP contribution in [-0.4, -0.2) is 35.5 Å². The molecule has 1 aliphatic heterocycles. The number of hydrogen-bond donors (Lipinski definition) is 1. The first-order valence-corrected chi connectivity index (χ1v) is 7.46. The van der Waals surface area contributed by atoms with Crippen molar-refractivity contribution in [2.75, 3.05) is 24.6 Å². The van der Waals surface area contributed by atoms with Gasteiger partial charge in [-0.3, -0.25) is 0 Å². The van der Waals surface area contributed by atoms with E-state index in [2.05, 4.69) is 28.3 Å². The van der Waals surface area contributed by atoms with Crippen molar-refractivity contribution in [3.63, 3.8) is 0 Å². The Bertz CT molecular complexity index is 367. The molecular weight excluding hydrogens is 238 g/mol. The van der Waals surface area contributed by atoms with Crippen molar-refractivity contribution >= 4 is 29.1 Å². The van der Waals surface area contributed by atoms with Gasteiger partial charge in [-0.1, -0.05) is 0 Å². The summed E-state index contributed by atoms with van der Waals surface area (Å²) in [6, 6.07) is 2.17. The molecule has 1 aromatic heterocycles. The molecule has 88 valence electrons. The minimum absolute atomic E-state index is 0.700. The Kier molecular flexibility index (Phi) is 4.12. The number of nitrogens with zero attached hydrogens (tertiary/aromatic N) is 2. The van der Waals surface area contributed by atoms with Gasteiger partial charge in [-0.2, -0.15) is 11.8 Å². The molecule has 0 atom stereocenters. The van der Waals surface area contributed by atoms with E-state index >= 15 is 0 Å². The molecule has 5 heteroatoms. The number of thiophene rings is 1. The van der Waals surface area contributed by atoms with E-state index in [1.54, 1.807) is 11.3 Å². The topological polar surface area (TPSA) is 41.6 Å². The van der Waals surface area contributed by atoms with E-state index in [-0.39, 0.29) is 0 Å². The molecule has 2 heterocycles. The summed E-state index contributed by atoms with van der Waals surface area (Å²) in [5, 5.41) is 2.15. The zero-order chi connectivity index (χ0) is 11.4. The highest BCUT2D eigenvalue weighted by atomic mass is 32.2. The van der Waals surface area contributed by atoms with E-state index in [4.69, 9.17) is 5.73 Å². The summed E-state index contributed by atoms with van der Waals surface area (Å²) in [7, 11) is 0. The number of aliphatic imine (C=N–C) groups is 1. The molecule has 3 nitrogen and oxygen atoms in total. The van der Waals surface area contributed by atoms with E-state index in [0.29, 0.717) is 12.5 Å². The molecule has 1 aliphatic rings. The quantitative estimate of drug-likeness (QED) is 0.648. The van der Waals surface area contributed by atoms with Crippen LogP contribution in [-0.2, 0) is 6.54 Å². The number of rotatable bonds is 2. The Morgan fingerprint density at radius 2 is 2.25 bits per heavy atom. The maximum atomic E-state index is 5.97. The van der Waals surface area contributed by atoms with Gasteiger partial charge in [0.1, 0.15) is 0 Å². The summed E-state index contributed by atoms with van der Waals surface area (Å²) in [4.78, 5) is 7.91. The Hall–Kier alpha value is -0.680. The number of thioether (sulfide) groups is 1. The number of nitrogens with two attached hydrogens (primary N) is 1. The van der Waals surface area contributed by atoms with Crippen molar-refractivity contribution in [3.8, 4) is 0 Å². The van der Waals surface area contributed by atoms with Crippen molar-refractivity contribution in [3.05, 3.63) is 21.9 Å². The molecule has 1 saturated heterocycles. The molecular formula is C11H17N3S2. The fraction of sp³-hybridized carbons (Fsp3) is 0.545. The Morgan fingerprint density at radius 1 is 1.50 bits per heavy atom. The van der Waals surface area contributed by atoms with Crippen LogP contribution in [0.15, 0.2) is 16.4 Å². The van der Waals surface area contributed by atoms with Gasteiger partial charge in [-0.15, -0.1) is 11.3 Å². The predicted molar refractivity (Wildman–Crippen MR) is 73.3 cm³/mol. The molecule has 0 bridgehead atoms. The fourth-order valence-corrected chi connectivity index (χ4v) is 3.33. The second-order valence-electron chi connectivity index (χ2n) is 3.86. The molecule has 0 aromatic carbocycles. The Morgan fingerprint density at radius 3 is 2.88 bits per heavy atom. The highest BCUT2D eigenvalue weighted by molar-refractivity contribution is 7.99. The maximum absolute atomic E-state index is 5.97. The summed E-state index contributed by atoms with van der Waals surface area (Å²) in [5.41, 5.74) is 7.28. The van der Waals surface area contributed by atoms with Crippen LogP contribution in [0.3, 0.4) is 0 Å². The number of guanidine groups is 1. The molecule has 1 aromatic rings. The van der Waals surface area contributed by atoms with Crippen LogP contribution in [0.25, 0.3) is 0 Å². The van der Waals surface area contributed by atoms with Crippen LogP contribution in [0, 0.1) is 6.92 Å². The molecule has 0 aliphatic carbocycles. The fourth-order valence-electron chi connectivity index (χ4n) is 1.62. The largest absolute Gasteiger partial charge is 0.370 e. The van der Waals surface area contributed by atoms with Gasteiger partial charge in [0.25, 0.3) is 0 Å². The lowest BCUT2D eigenvalue weighted by Gasteiger charge is -2.27. The minimum atomic E-state index is 0.700. The van der Waals surface area contributed by atoms with Gasteiger partial charge in [0.05, 0.1) is 6.54 Å². The maximum Gasteiger partial charge on any atom is 0.191 e. The molecule has 2 N–H and O–H groups in total. The molecule has 0 spiro atoms. The van der Waals surface area contributed by atoms with Crippen LogP contribution in [0.1, 0.15) is 10.4 Å². The average Bonchev–Trinajstić information content (AvgIpc) is 2.73. The van der Waals surface area contributed by atoms with Gasteiger partial charge in [0.15, 0.2) is 5.96 Å². The third kappa shape index (κ3) is 3.15. The third-order valence-electron chi connectivity index (χ3n) is 2.52. The number of hydrogen-bond acceptors (Lipinski definition) is 3. The summed E-state index contributed by atoms with van der Waals surface area (Å²) in [6.07, 6.45) is 0. The van der Waals surface area contributed by atoms with E-state index in [9.17, 15) is 0 Å². The molecule has 16 heavy (non-hydrogen) atoms. The van der Waals surface area contributed by atoms with E-state index in [1.165, 1.54) is 10.4 Å². The monoisotopic (exact) mass is 255 g/mol. The van der Waals surface area contributed by atoms with Gasteiger partial charge < -0.3 is 10.6 Å². The predicted octanol–water partition coefficient (Wildman–Crippen LogP) is 1.92. The van der Waals surface area contributed by atoms with Gasteiger partial charge in [0, 0.05) is 29.5 Å². The first-order valence-electron chi connectivity index (χ1n) is 5.42. The zero-order valence-electron chi connectivity index (χ0n) is 9.48. The van der Waals surface area contributed by atoms with Crippen molar-refractivity contribution in [2.45, 2.75) is 13.5 Å². The molecule has 0 radical (unpaired) electrons. The standard InChI is InChI=1S/C11H17N3S2/c1-9-6-10(16-8-9)7-13-11(12)14-2-4-15-5-3-14/h6,8H,2-5,7H2,1H3,(H2,12,13). The normalized spacial score (nSPS) is 17.8. The lowest BCUT2D eigenvalue weighted by atomic mass is 10.3. The highest BCUT2D eigenvalue weighted by Crippen LogP contribution is 2.15. The average molecular weight is 255 g/mol. The number of aryl methyl sites for hydroxylation is 1. The second kappa shape index (κ2) is 5.59. The van der Waals surface area contributed by atoms with Crippen molar-refractivity contribution in [1.29, 1.82) is 0 Å². The molecule has 0 saturated carbocycles. The molecule has 0 amide bonds. The van der Waals surface area contributed by atoms with Gasteiger partial charge in [0.2, 0.25) is 0 Å². The Labute approximate surface area is 105 Å². The van der Waals surface area contributed by atoms with Crippen LogP contribution in [0.5, 0.6) is 0 Å². The van der Waals surface area contributed by atoms with Crippen molar-refractivity contribution < 1.29 is 0 Å². The van der Waals surface area contributed by atoms with Crippen molar-refractivity contribution in [1.82, 2.24) is 4.90 Å². The SMILES string of the molecule is Cc1csc(CN=C(N)N2CCSCC2)c1. The van der Waals surface area contributed by atoms with E-state index in [0.717, 1.165) is 24.6 Å². The van der Waals surface area contributed by atoms with Gasteiger partial charge >= 0.3 is 0 Å². The highest BCUT2D eigenvalue weighted by Gasteiger charge is 2.11. The summed E-state index contributed by atoms with van der Waals surface area (Å²) < 4.78 is 0. The lowest BCUT2D eigenvalue weighted by molar-refractivity contribution is 0.456. The van der Waals surface area contributed by atoms with Crippen LogP contribution < -0.4 is 5.73 Å². The van der Waals surface area contributed by atoms with Crippen molar-refractivity contribution in [2.24, 2.45) is 10.7 Å². The first kappa shape index (κ1) is 11.8. The summed E-state index contributed by atoms with van der Waals surface area (Å²) >= 11 is 3.74. The third-order valence-corrected chi connectivity index (χ3v) is 4.50. The van der Waals surface area contributed by atoms with E-state index < -0.39 is 0 Å². The van der Waals surface area contributed by atoms with Gasteiger partial charge in [-0.25, -0.2) is 4.99 Å². The molecule has 2 rings (SSSR count). The van der Waals surface area contributed by atoms with Crippen LogP contribution >= 0.6 is 23.1 Å². The van der Waals surface area contributed by atoms with E-state index in [1.807, 2.05) is 11.8 Å². The summed E-state index contributed by atoms with van der Waals surface area (Å²) in [6.45, 7) is 4.88. The van der Waals surface area contributed by atoms with Crippen LogP contribution in [0.4, 0.5) is 0 Å². The first-order chi connectivity index (χ1) is 7.75.